The maximum Gasteiger partial charge on any atom is 0.191 e. The Labute approximate surface area is 132 Å². The second kappa shape index (κ2) is 11.0. The van der Waals surface area contributed by atoms with E-state index in [1.165, 1.54) is 6.42 Å². The van der Waals surface area contributed by atoms with Gasteiger partial charge in [-0.05, 0) is 6.42 Å². The van der Waals surface area contributed by atoms with Crippen LogP contribution in [0, 0.1) is 0 Å². The Hall–Kier alpha value is -0.860. The summed E-state index contributed by atoms with van der Waals surface area (Å²) in [6.45, 7) is 6.89. The van der Waals surface area contributed by atoms with Gasteiger partial charge in [-0.15, -0.1) is 34.2 Å². The van der Waals surface area contributed by atoms with Gasteiger partial charge < -0.3 is 15.2 Å². The van der Waals surface area contributed by atoms with E-state index in [1.807, 2.05) is 0 Å². The van der Waals surface area contributed by atoms with E-state index in [1.54, 1.807) is 13.4 Å². The smallest absolute Gasteiger partial charge is 0.191 e. The molecule has 1 aromatic rings. The number of unbranched alkanes of at least 4 members (excludes halogenated alkanes) is 1. The van der Waals surface area contributed by atoms with Crippen molar-refractivity contribution in [3.05, 3.63) is 12.2 Å². The molecule has 0 bridgehead atoms. The molecular weight excluding hydrogens is 355 g/mol. The van der Waals surface area contributed by atoms with E-state index < -0.39 is 0 Å². The first-order valence-corrected chi connectivity index (χ1v) is 6.63. The topological polar surface area (TPSA) is 67.1 Å². The van der Waals surface area contributed by atoms with E-state index in [0.29, 0.717) is 0 Å². The number of hydrogen-bond acceptors (Lipinski definition) is 3. The molecule has 0 spiro atoms. The van der Waals surface area contributed by atoms with Crippen LogP contribution < -0.4 is 10.6 Å². The van der Waals surface area contributed by atoms with Gasteiger partial charge in [0, 0.05) is 33.1 Å². The molecule has 0 aromatic carbocycles. The molecule has 1 rings (SSSR count). The predicted octanol–water partition coefficient (Wildman–Crippen LogP) is 1.42. The molecule has 0 amide bonds. The lowest BCUT2D eigenvalue weighted by atomic mass is 10.3. The predicted molar refractivity (Wildman–Crippen MR) is 89.1 cm³/mol. The second-order valence-corrected chi connectivity index (χ2v) is 4.07. The molecule has 6 nitrogen and oxygen atoms in total. The van der Waals surface area contributed by atoms with Gasteiger partial charge in [0.15, 0.2) is 5.96 Å². The molecule has 0 aliphatic heterocycles. The zero-order valence-corrected chi connectivity index (χ0v) is 14.3. The van der Waals surface area contributed by atoms with E-state index in [2.05, 4.69) is 44.2 Å². The van der Waals surface area contributed by atoms with Crippen LogP contribution in [0.15, 0.2) is 11.3 Å². The lowest BCUT2D eigenvalue weighted by molar-refractivity contribution is 0.630. The van der Waals surface area contributed by atoms with Crippen LogP contribution in [0.5, 0.6) is 0 Å². The van der Waals surface area contributed by atoms with Gasteiger partial charge >= 0.3 is 0 Å². The lowest BCUT2D eigenvalue weighted by Gasteiger charge is -2.12. The zero-order valence-electron chi connectivity index (χ0n) is 12.0. The molecule has 1 heterocycles. The van der Waals surface area contributed by atoms with E-state index >= 15 is 0 Å². The van der Waals surface area contributed by atoms with E-state index in [-0.39, 0.29) is 24.0 Å². The molecule has 1 aromatic heterocycles. The molecule has 0 saturated carbocycles. The van der Waals surface area contributed by atoms with Crippen LogP contribution in [0.2, 0.25) is 0 Å². The van der Waals surface area contributed by atoms with Crippen molar-refractivity contribution in [1.29, 1.82) is 0 Å². The van der Waals surface area contributed by atoms with Crippen molar-refractivity contribution < 1.29 is 0 Å². The van der Waals surface area contributed by atoms with Gasteiger partial charge in [-0.25, -0.2) is 0 Å². The van der Waals surface area contributed by atoms with Crippen LogP contribution in [0.4, 0.5) is 0 Å². The van der Waals surface area contributed by atoms with Crippen molar-refractivity contribution in [3.8, 4) is 0 Å². The second-order valence-electron chi connectivity index (χ2n) is 4.07. The highest BCUT2D eigenvalue weighted by Crippen LogP contribution is 1.94. The number of nitrogens with one attached hydrogen (secondary N) is 2. The third-order valence-corrected chi connectivity index (χ3v) is 2.70. The van der Waals surface area contributed by atoms with Gasteiger partial charge in [0.1, 0.15) is 12.2 Å². The molecular formula is C12H25IN6. The maximum absolute atomic E-state index is 4.18. The maximum atomic E-state index is 4.18. The van der Waals surface area contributed by atoms with Crippen molar-refractivity contribution in [3.63, 3.8) is 0 Å². The number of aliphatic imine (C=N–C) groups is 1. The summed E-state index contributed by atoms with van der Waals surface area (Å²) in [5, 5.41) is 14.5. The van der Waals surface area contributed by atoms with Gasteiger partial charge in [-0.1, -0.05) is 20.3 Å². The molecule has 19 heavy (non-hydrogen) atoms. The van der Waals surface area contributed by atoms with Gasteiger partial charge in [0.25, 0.3) is 0 Å². The van der Waals surface area contributed by atoms with Crippen LogP contribution in [0.3, 0.4) is 0 Å². The summed E-state index contributed by atoms with van der Waals surface area (Å²) in [4.78, 5) is 4.18. The Morgan fingerprint density at radius 1 is 1.32 bits per heavy atom. The molecule has 0 saturated heterocycles. The van der Waals surface area contributed by atoms with E-state index in [9.17, 15) is 0 Å². The minimum atomic E-state index is 0. The van der Waals surface area contributed by atoms with Gasteiger partial charge in [0.05, 0.1) is 0 Å². The fourth-order valence-electron chi connectivity index (χ4n) is 1.64. The average molecular weight is 380 g/mol. The third-order valence-electron chi connectivity index (χ3n) is 2.70. The number of guanidine groups is 1. The van der Waals surface area contributed by atoms with E-state index in [4.69, 9.17) is 0 Å². The first-order valence-electron chi connectivity index (χ1n) is 6.63. The highest BCUT2D eigenvalue weighted by molar-refractivity contribution is 14.0. The SMILES string of the molecule is CCCCNC(=NC)NCCn1cnnc1CC.I. The summed E-state index contributed by atoms with van der Waals surface area (Å²) in [6.07, 6.45) is 5.02. The van der Waals surface area contributed by atoms with Crippen LogP contribution in [0.1, 0.15) is 32.5 Å². The minimum absolute atomic E-state index is 0. The molecule has 0 unspecified atom stereocenters. The Morgan fingerprint density at radius 2 is 2.05 bits per heavy atom. The Kier molecular flexibility index (Phi) is 10.5. The van der Waals surface area contributed by atoms with Crippen molar-refractivity contribution in [2.24, 2.45) is 4.99 Å². The highest BCUT2D eigenvalue weighted by Gasteiger charge is 2.01. The third kappa shape index (κ3) is 6.74. The Bertz CT molecular complexity index is 363. The molecule has 7 heteroatoms. The number of halogens is 1. The molecule has 2 N–H and O–H groups in total. The summed E-state index contributed by atoms with van der Waals surface area (Å²) in [5.74, 6) is 1.88. The van der Waals surface area contributed by atoms with Crippen molar-refractivity contribution in [2.75, 3.05) is 20.1 Å². The van der Waals surface area contributed by atoms with Crippen molar-refractivity contribution in [2.45, 2.75) is 39.7 Å². The largest absolute Gasteiger partial charge is 0.356 e. The van der Waals surface area contributed by atoms with Crippen LogP contribution >= 0.6 is 24.0 Å². The number of hydrogen-bond donors (Lipinski definition) is 2. The van der Waals surface area contributed by atoms with E-state index in [0.717, 1.165) is 44.3 Å². The molecule has 0 atom stereocenters. The number of aromatic nitrogens is 3. The highest BCUT2D eigenvalue weighted by atomic mass is 127. The number of nitrogens with zero attached hydrogens (tertiary/aromatic N) is 4. The molecule has 0 fully saturated rings. The molecule has 0 radical (unpaired) electrons. The summed E-state index contributed by atoms with van der Waals surface area (Å²) in [7, 11) is 1.79. The zero-order chi connectivity index (χ0) is 13.2. The fourth-order valence-corrected chi connectivity index (χ4v) is 1.64. The minimum Gasteiger partial charge on any atom is -0.356 e. The van der Waals surface area contributed by atoms with Crippen LogP contribution in [-0.2, 0) is 13.0 Å². The summed E-state index contributed by atoms with van der Waals surface area (Å²) < 4.78 is 2.06. The summed E-state index contributed by atoms with van der Waals surface area (Å²) in [5.41, 5.74) is 0. The standard InChI is InChI=1S/C12H24N6.HI/c1-4-6-7-14-12(13-3)15-8-9-18-10-16-17-11(18)5-2;/h10H,4-9H2,1-3H3,(H2,13,14,15);1H. The number of rotatable bonds is 7. The first kappa shape index (κ1) is 18.1. The molecule has 0 aliphatic rings. The van der Waals surface area contributed by atoms with Gasteiger partial charge in [-0.2, -0.15) is 0 Å². The first-order chi connectivity index (χ1) is 8.81. The summed E-state index contributed by atoms with van der Waals surface area (Å²) >= 11 is 0. The summed E-state index contributed by atoms with van der Waals surface area (Å²) in [6, 6.07) is 0. The quantitative estimate of drug-likeness (QED) is 0.325. The van der Waals surface area contributed by atoms with Crippen LogP contribution in [0.25, 0.3) is 0 Å². The fraction of sp³-hybridized carbons (Fsp3) is 0.750. The van der Waals surface area contributed by atoms with Crippen molar-refractivity contribution >= 4 is 29.9 Å². The normalized spacial score (nSPS) is 11.0. The van der Waals surface area contributed by atoms with Gasteiger partial charge in [0.2, 0.25) is 0 Å². The Balaban J connectivity index is 0.00000324. The van der Waals surface area contributed by atoms with Crippen molar-refractivity contribution in [1.82, 2.24) is 25.4 Å². The monoisotopic (exact) mass is 380 g/mol. The number of aryl methyl sites for hydroxylation is 1. The van der Waals surface area contributed by atoms with Gasteiger partial charge in [-0.3, -0.25) is 4.99 Å². The van der Waals surface area contributed by atoms with Crippen LogP contribution in [-0.4, -0.2) is 40.9 Å². The Morgan fingerprint density at radius 3 is 2.68 bits per heavy atom. The molecule has 110 valence electrons. The molecule has 0 aliphatic carbocycles. The lowest BCUT2D eigenvalue weighted by Crippen LogP contribution is -2.39. The average Bonchev–Trinajstić information content (AvgIpc) is 2.84.